The summed E-state index contributed by atoms with van der Waals surface area (Å²) in [6, 6.07) is -0.700. The zero-order valence-electron chi connectivity index (χ0n) is 6.51. The Morgan fingerprint density at radius 3 is 2.83 bits per heavy atom. The Labute approximate surface area is 69.2 Å². The molecule has 0 aliphatic heterocycles. The van der Waals surface area contributed by atoms with Crippen LogP contribution in [0, 0.1) is 22.0 Å². The average molecular weight is 170 g/mol. The van der Waals surface area contributed by atoms with E-state index < -0.39 is 6.04 Å². The van der Waals surface area contributed by atoms with Crippen LogP contribution in [0.1, 0.15) is 19.3 Å². The van der Waals surface area contributed by atoms with Gasteiger partial charge in [0.1, 0.15) is 5.71 Å². The predicted molar refractivity (Wildman–Crippen MR) is 40.8 cm³/mol. The molecule has 0 amide bonds. The Hall–Kier alpha value is -1.13. The number of hydrogen-bond donors (Lipinski definition) is 1. The van der Waals surface area contributed by atoms with Gasteiger partial charge < -0.3 is 5.21 Å². The van der Waals surface area contributed by atoms with Gasteiger partial charge in [0, 0.05) is 16.8 Å². The van der Waals surface area contributed by atoms with Crippen LogP contribution in [0.2, 0.25) is 0 Å². The lowest BCUT2D eigenvalue weighted by Crippen LogP contribution is -2.35. The minimum atomic E-state index is -0.700. The van der Waals surface area contributed by atoms with E-state index >= 15 is 0 Å². The van der Waals surface area contributed by atoms with Crippen molar-refractivity contribution in [2.45, 2.75) is 25.3 Å². The lowest BCUT2D eigenvalue weighted by atomic mass is 9.94. The molecule has 12 heavy (non-hydrogen) atoms. The van der Waals surface area contributed by atoms with Crippen molar-refractivity contribution in [3.63, 3.8) is 0 Å². The Bertz CT molecular complexity index is 251. The quantitative estimate of drug-likeness (QED) is 0.360. The van der Waals surface area contributed by atoms with Crippen LogP contribution < -0.4 is 0 Å². The topological polar surface area (TPSA) is 75.7 Å². The monoisotopic (exact) mass is 170 g/mol. The molecule has 2 rings (SSSR count). The molecule has 1 N–H and O–H groups in total. The Kier molecular flexibility index (Phi) is 1.52. The lowest BCUT2D eigenvalue weighted by Gasteiger charge is -2.14. The minimum Gasteiger partial charge on any atom is -0.411 e. The molecule has 0 aromatic carbocycles. The number of oxime groups is 1. The third-order valence-corrected chi connectivity index (χ3v) is 2.98. The molecule has 0 saturated heterocycles. The van der Waals surface area contributed by atoms with E-state index in [9.17, 15) is 10.1 Å². The van der Waals surface area contributed by atoms with Crippen molar-refractivity contribution < 1.29 is 10.1 Å². The maximum absolute atomic E-state index is 10.6. The van der Waals surface area contributed by atoms with Gasteiger partial charge in [0.25, 0.3) is 6.04 Å². The van der Waals surface area contributed by atoms with Gasteiger partial charge in [-0.05, 0) is 19.3 Å². The normalized spacial score (nSPS) is 42.3. The van der Waals surface area contributed by atoms with Crippen molar-refractivity contribution in [2.24, 2.45) is 17.0 Å². The molecule has 0 heterocycles. The largest absolute Gasteiger partial charge is 0.411 e. The average Bonchev–Trinajstić information content (AvgIpc) is 2.60. The highest BCUT2D eigenvalue weighted by molar-refractivity contribution is 5.93. The minimum absolute atomic E-state index is 0.121. The van der Waals surface area contributed by atoms with E-state index in [2.05, 4.69) is 5.16 Å². The second-order valence-corrected chi connectivity index (χ2v) is 3.53. The molecule has 2 bridgehead atoms. The van der Waals surface area contributed by atoms with Crippen molar-refractivity contribution in [3.8, 4) is 0 Å². The highest BCUT2D eigenvalue weighted by atomic mass is 16.6. The molecule has 0 spiro atoms. The van der Waals surface area contributed by atoms with Gasteiger partial charge in [-0.25, -0.2) is 0 Å². The van der Waals surface area contributed by atoms with Crippen LogP contribution in [0.4, 0.5) is 0 Å². The van der Waals surface area contributed by atoms with E-state index in [1.54, 1.807) is 0 Å². The smallest absolute Gasteiger partial charge is 0.257 e. The summed E-state index contributed by atoms with van der Waals surface area (Å²) < 4.78 is 0. The fourth-order valence-corrected chi connectivity index (χ4v) is 2.48. The van der Waals surface area contributed by atoms with Crippen LogP contribution in [-0.4, -0.2) is 21.9 Å². The summed E-state index contributed by atoms with van der Waals surface area (Å²) in [6.07, 6.45) is 2.70. The van der Waals surface area contributed by atoms with Gasteiger partial charge in [-0.1, -0.05) is 5.16 Å². The summed E-state index contributed by atoms with van der Waals surface area (Å²) in [5.41, 5.74) is 0.399. The highest BCUT2D eigenvalue weighted by Gasteiger charge is 2.52. The highest BCUT2D eigenvalue weighted by Crippen LogP contribution is 2.43. The number of nitro groups is 1. The maximum atomic E-state index is 10.6. The maximum Gasteiger partial charge on any atom is 0.257 e. The van der Waals surface area contributed by atoms with Crippen molar-refractivity contribution in [1.82, 2.24) is 0 Å². The van der Waals surface area contributed by atoms with Gasteiger partial charge in [0.15, 0.2) is 0 Å². The van der Waals surface area contributed by atoms with Gasteiger partial charge in [0.05, 0.1) is 0 Å². The Morgan fingerprint density at radius 2 is 2.33 bits per heavy atom. The van der Waals surface area contributed by atoms with Crippen LogP contribution in [0.15, 0.2) is 5.16 Å². The Balaban J connectivity index is 2.28. The first-order valence-electron chi connectivity index (χ1n) is 4.09. The first-order valence-corrected chi connectivity index (χ1v) is 4.09. The summed E-state index contributed by atoms with van der Waals surface area (Å²) in [5, 5.41) is 22.2. The molecule has 66 valence electrons. The van der Waals surface area contributed by atoms with Gasteiger partial charge in [-0.2, -0.15) is 0 Å². The summed E-state index contributed by atoms with van der Waals surface area (Å²) in [7, 11) is 0. The molecular formula is C7H10N2O3. The molecule has 2 aliphatic rings. The van der Waals surface area contributed by atoms with Crippen LogP contribution in [-0.2, 0) is 0 Å². The second kappa shape index (κ2) is 2.43. The molecule has 0 aromatic rings. The second-order valence-electron chi connectivity index (χ2n) is 3.53. The number of hydrogen-bond acceptors (Lipinski definition) is 4. The molecule has 3 unspecified atom stereocenters. The molecule has 0 radical (unpaired) electrons. The number of fused-ring (bicyclic) bond motifs is 2. The first kappa shape index (κ1) is 7.52. The molecule has 2 aliphatic carbocycles. The third kappa shape index (κ3) is 0.821. The first-order chi connectivity index (χ1) is 5.74. The number of rotatable bonds is 1. The summed E-state index contributed by atoms with van der Waals surface area (Å²) in [5.74, 6) is 0.297. The molecular weight excluding hydrogens is 160 g/mol. The summed E-state index contributed by atoms with van der Waals surface area (Å²) >= 11 is 0. The third-order valence-electron chi connectivity index (χ3n) is 2.98. The van der Waals surface area contributed by atoms with Crippen molar-refractivity contribution >= 4 is 5.71 Å². The van der Waals surface area contributed by atoms with Crippen LogP contribution in [0.25, 0.3) is 0 Å². The van der Waals surface area contributed by atoms with Gasteiger partial charge in [-0.3, -0.25) is 10.1 Å². The van der Waals surface area contributed by atoms with Crippen molar-refractivity contribution in [1.29, 1.82) is 0 Å². The van der Waals surface area contributed by atoms with E-state index in [0.717, 1.165) is 19.3 Å². The molecule has 2 saturated carbocycles. The van der Waals surface area contributed by atoms with E-state index in [1.807, 2.05) is 0 Å². The molecule has 3 atom stereocenters. The zero-order valence-corrected chi connectivity index (χ0v) is 6.51. The van der Waals surface area contributed by atoms with E-state index in [4.69, 9.17) is 5.21 Å². The molecule has 5 nitrogen and oxygen atoms in total. The van der Waals surface area contributed by atoms with E-state index in [1.165, 1.54) is 0 Å². The standard InChI is InChI=1S/C7H10N2O3/c10-8-6-4-1-2-5(3-4)7(6)9(11)12/h4-5,7,10H,1-3H2/b8-6+. The molecule has 0 aromatic heterocycles. The van der Waals surface area contributed by atoms with Gasteiger partial charge in [0.2, 0.25) is 0 Å². The van der Waals surface area contributed by atoms with Crippen molar-refractivity contribution in [3.05, 3.63) is 10.1 Å². The van der Waals surface area contributed by atoms with Crippen LogP contribution in [0.3, 0.4) is 0 Å². The van der Waals surface area contributed by atoms with Gasteiger partial charge >= 0.3 is 0 Å². The van der Waals surface area contributed by atoms with Crippen LogP contribution >= 0.6 is 0 Å². The van der Waals surface area contributed by atoms with Gasteiger partial charge in [-0.15, -0.1) is 0 Å². The summed E-state index contributed by atoms with van der Waals surface area (Å²) in [6.45, 7) is 0. The van der Waals surface area contributed by atoms with Crippen molar-refractivity contribution in [2.75, 3.05) is 0 Å². The van der Waals surface area contributed by atoms with Crippen LogP contribution in [0.5, 0.6) is 0 Å². The predicted octanol–water partition coefficient (Wildman–Crippen LogP) is 0.892. The Morgan fingerprint density at radius 1 is 1.58 bits per heavy atom. The lowest BCUT2D eigenvalue weighted by molar-refractivity contribution is -0.510. The molecule has 2 fully saturated rings. The van der Waals surface area contributed by atoms with E-state index in [0.29, 0.717) is 5.71 Å². The number of nitrogens with zero attached hydrogens (tertiary/aromatic N) is 2. The van der Waals surface area contributed by atoms with E-state index in [-0.39, 0.29) is 16.8 Å². The molecule has 5 heteroatoms. The SMILES string of the molecule is O=[N+]([O-])C1/C(=N/O)C2CCC1C2. The fraction of sp³-hybridized carbons (Fsp3) is 0.857. The zero-order chi connectivity index (χ0) is 8.72. The summed E-state index contributed by atoms with van der Waals surface area (Å²) in [4.78, 5) is 10.3. The fourth-order valence-electron chi connectivity index (χ4n) is 2.48.